The Bertz CT molecular complexity index is 1170. The second-order valence-corrected chi connectivity index (χ2v) is 8.94. The van der Waals surface area contributed by atoms with Crippen molar-refractivity contribution in [3.63, 3.8) is 0 Å². The van der Waals surface area contributed by atoms with E-state index in [1.54, 1.807) is 24.3 Å². The van der Waals surface area contributed by atoms with Crippen molar-refractivity contribution in [1.29, 1.82) is 0 Å². The van der Waals surface area contributed by atoms with E-state index >= 15 is 0 Å². The molecule has 9 heteroatoms. The zero-order valence-corrected chi connectivity index (χ0v) is 19.3. The molecule has 0 atom stereocenters. The minimum absolute atomic E-state index is 0.136. The summed E-state index contributed by atoms with van der Waals surface area (Å²) in [4.78, 5) is 13.5. The molecular weight excluding hydrogens is 570 g/mol. The molecule has 31 heavy (non-hydrogen) atoms. The summed E-state index contributed by atoms with van der Waals surface area (Å²) in [6, 6.07) is 12.6. The number of Topliss-reactive ketones (excluding diaryl/α,β-unsaturated/α-hetero) is 1. The Hall–Kier alpha value is -1.91. The number of ketones is 1. The quantitative estimate of drug-likeness (QED) is 0.0577. The summed E-state index contributed by atoms with van der Waals surface area (Å²) in [5, 5.41) is 0.364. The van der Waals surface area contributed by atoms with Crippen LogP contribution >= 0.6 is 46.0 Å². The first-order valence-electron chi connectivity index (χ1n) is 8.58. The van der Waals surface area contributed by atoms with Gasteiger partial charge in [-0.25, -0.2) is 22.0 Å². The molecule has 0 aromatic heterocycles. The number of halogens is 7. The third kappa shape index (κ3) is 4.96. The van der Waals surface area contributed by atoms with Crippen molar-refractivity contribution < 1.29 is 26.7 Å². The van der Waals surface area contributed by atoms with Crippen LogP contribution in [0.2, 0.25) is 5.02 Å². The topological polar surface area (TPSA) is 17.1 Å². The Morgan fingerprint density at radius 3 is 1.81 bits per heavy atom. The molecule has 0 saturated carbocycles. The van der Waals surface area contributed by atoms with Crippen LogP contribution in [-0.4, -0.2) is 5.78 Å². The third-order valence-corrected chi connectivity index (χ3v) is 6.98. The van der Waals surface area contributed by atoms with Gasteiger partial charge in [0.15, 0.2) is 23.3 Å². The summed E-state index contributed by atoms with van der Waals surface area (Å²) in [6.07, 6.45) is 0. The van der Waals surface area contributed by atoms with E-state index in [2.05, 4.69) is 0 Å². The van der Waals surface area contributed by atoms with Gasteiger partial charge in [-0.05, 0) is 65.9 Å². The average Bonchev–Trinajstić information content (AvgIpc) is 2.76. The van der Waals surface area contributed by atoms with Gasteiger partial charge in [0.2, 0.25) is 11.6 Å². The van der Waals surface area contributed by atoms with Crippen molar-refractivity contribution in [3.05, 3.63) is 104 Å². The van der Waals surface area contributed by atoms with E-state index in [0.717, 1.165) is 17.3 Å². The van der Waals surface area contributed by atoms with Crippen LogP contribution in [-0.2, 0) is 0 Å². The van der Waals surface area contributed by atoms with E-state index in [4.69, 9.17) is 11.6 Å². The fourth-order valence-corrected chi connectivity index (χ4v) is 4.64. The van der Waals surface area contributed by atoms with Gasteiger partial charge in [-0.15, -0.1) is 0 Å². The molecule has 0 amide bonds. The van der Waals surface area contributed by atoms with Crippen LogP contribution in [0.25, 0.3) is 3.58 Å². The van der Waals surface area contributed by atoms with Gasteiger partial charge in [-0.1, -0.05) is 41.1 Å². The molecule has 0 N–H and O–H groups in total. The van der Waals surface area contributed by atoms with Crippen molar-refractivity contribution in [2.24, 2.45) is 0 Å². The van der Waals surface area contributed by atoms with E-state index in [0.29, 0.717) is 9.92 Å². The lowest BCUT2D eigenvalue weighted by Gasteiger charge is -2.13. The van der Waals surface area contributed by atoms with E-state index in [1.807, 2.05) is 6.92 Å². The minimum Gasteiger partial charge on any atom is -0.288 e. The van der Waals surface area contributed by atoms with Gasteiger partial charge in [0, 0.05) is 19.1 Å². The summed E-state index contributed by atoms with van der Waals surface area (Å²) < 4.78 is 69.5. The highest BCUT2D eigenvalue weighted by Crippen LogP contribution is 2.41. The maximum Gasteiger partial charge on any atom is 0.200 e. The first-order valence-corrected chi connectivity index (χ1v) is 10.9. The first-order chi connectivity index (χ1) is 14.6. The van der Waals surface area contributed by atoms with Crippen LogP contribution in [0.15, 0.2) is 58.3 Å². The van der Waals surface area contributed by atoms with Crippen LogP contribution < -0.4 is 0 Å². The van der Waals surface area contributed by atoms with Gasteiger partial charge in [0.1, 0.15) is 0 Å². The summed E-state index contributed by atoms with van der Waals surface area (Å²) in [6.45, 7) is 1.85. The minimum atomic E-state index is -2.26. The average molecular weight is 581 g/mol. The Balaban J connectivity index is 2.24. The second-order valence-electron chi connectivity index (χ2n) is 6.34. The standard InChI is InChI=1S/C22H11ClF5IOS/c1-10-2-8-13(9-3-10)31-22(21(30)11-4-6-12(23)7-5-11)20(29)14-15(24)17(26)19(28)18(27)16(14)25/h2-9H,1H3. The monoisotopic (exact) mass is 580 g/mol. The summed E-state index contributed by atoms with van der Waals surface area (Å²) in [5.74, 6) is -11.1. The highest BCUT2D eigenvalue weighted by Gasteiger charge is 2.30. The Kier molecular flexibility index (Phi) is 7.43. The molecule has 160 valence electrons. The number of benzene rings is 3. The van der Waals surface area contributed by atoms with Gasteiger partial charge in [-0.3, -0.25) is 4.79 Å². The van der Waals surface area contributed by atoms with Crippen molar-refractivity contribution in [2.75, 3.05) is 0 Å². The summed E-state index contributed by atoms with van der Waals surface area (Å²) in [5.41, 5.74) is -0.0839. The van der Waals surface area contributed by atoms with Gasteiger partial charge < -0.3 is 0 Å². The highest BCUT2D eigenvalue weighted by atomic mass is 127. The van der Waals surface area contributed by atoms with Crippen molar-refractivity contribution >= 4 is 55.3 Å². The number of hydrogen-bond donors (Lipinski definition) is 0. The van der Waals surface area contributed by atoms with Crippen LogP contribution in [0.4, 0.5) is 22.0 Å². The highest BCUT2D eigenvalue weighted by molar-refractivity contribution is 14.1. The number of rotatable bonds is 5. The normalized spacial score (nSPS) is 12.0. The fraction of sp³-hybridized carbons (Fsp3) is 0.0455. The molecule has 0 radical (unpaired) electrons. The zero-order valence-electron chi connectivity index (χ0n) is 15.6. The number of allylic oxidation sites excluding steroid dienone is 1. The maximum absolute atomic E-state index is 14.4. The maximum atomic E-state index is 14.4. The molecule has 0 saturated heterocycles. The van der Waals surface area contributed by atoms with E-state index < -0.39 is 44.0 Å². The second kappa shape index (κ2) is 9.70. The molecular formula is C22H11ClF5IOS. The molecule has 0 spiro atoms. The van der Waals surface area contributed by atoms with Gasteiger partial charge in [0.05, 0.1) is 10.5 Å². The summed E-state index contributed by atoms with van der Waals surface area (Å²) in [7, 11) is 0. The van der Waals surface area contributed by atoms with Gasteiger partial charge in [-0.2, -0.15) is 0 Å². The molecule has 3 aromatic carbocycles. The lowest BCUT2D eigenvalue weighted by atomic mass is 10.1. The summed E-state index contributed by atoms with van der Waals surface area (Å²) >= 11 is 8.12. The number of hydrogen-bond acceptors (Lipinski definition) is 2. The molecule has 0 unspecified atom stereocenters. The molecule has 0 aliphatic heterocycles. The van der Waals surface area contributed by atoms with E-state index in [-0.39, 0.29) is 10.5 Å². The molecule has 0 heterocycles. The Morgan fingerprint density at radius 2 is 1.29 bits per heavy atom. The molecule has 0 aliphatic rings. The van der Waals surface area contributed by atoms with Gasteiger partial charge >= 0.3 is 0 Å². The smallest absolute Gasteiger partial charge is 0.200 e. The number of carbonyl (C=O) groups is 1. The predicted octanol–water partition coefficient (Wildman–Crippen LogP) is 8.12. The molecule has 0 fully saturated rings. The SMILES string of the molecule is Cc1ccc(SC(C(=O)c2ccc(Cl)cc2)=C(I)c2c(F)c(F)c(F)c(F)c2F)cc1. The number of thioether (sulfide) groups is 1. The largest absolute Gasteiger partial charge is 0.288 e. The van der Waals surface area contributed by atoms with E-state index in [1.165, 1.54) is 46.9 Å². The van der Waals surface area contributed by atoms with Crippen LogP contribution in [0.3, 0.4) is 0 Å². The molecule has 3 rings (SSSR count). The van der Waals surface area contributed by atoms with Crippen LogP contribution in [0, 0.1) is 36.0 Å². The van der Waals surface area contributed by atoms with Crippen molar-refractivity contribution in [2.45, 2.75) is 11.8 Å². The Morgan fingerprint density at radius 1 is 0.806 bits per heavy atom. The van der Waals surface area contributed by atoms with Crippen molar-refractivity contribution in [1.82, 2.24) is 0 Å². The lowest BCUT2D eigenvalue weighted by molar-refractivity contribution is 0.104. The third-order valence-electron chi connectivity index (χ3n) is 4.18. The van der Waals surface area contributed by atoms with Crippen molar-refractivity contribution in [3.8, 4) is 0 Å². The lowest BCUT2D eigenvalue weighted by Crippen LogP contribution is -2.08. The zero-order chi connectivity index (χ0) is 22.9. The molecule has 0 bridgehead atoms. The predicted molar refractivity (Wildman–Crippen MR) is 120 cm³/mol. The fourth-order valence-electron chi connectivity index (χ4n) is 2.56. The van der Waals surface area contributed by atoms with Crippen LogP contribution in [0.5, 0.6) is 0 Å². The molecule has 3 aromatic rings. The number of carbonyl (C=O) groups excluding carboxylic acids is 1. The molecule has 1 nitrogen and oxygen atoms in total. The first kappa shape index (κ1) is 23.7. The van der Waals surface area contributed by atoms with Crippen LogP contribution in [0.1, 0.15) is 21.5 Å². The van der Waals surface area contributed by atoms with E-state index in [9.17, 15) is 26.7 Å². The number of aryl methyl sites for hydroxylation is 1. The van der Waals surface area contributed by atoms with Gasteiger partial charge in [0.25, 0.3) is 0 Å². The Labute approximate surface area is 197 Å². The molecule has 0 aliphatic carbocycles.